The first-order valence-corrected chi connectivity index (χ1v) is 26.9. The first kappa shape index (κ1) is 71.9. The van der Waals surface area contributed by atoms with E-state index in [0.29, 0.717) is 92.4 Å². The van der Waals surface area contributed by atoms with Gasteiger partial charge in [-0.3, -0.25) is 14.4 Å². The molecule has 0 fully saturated rings. The molecule has 0 aromatic carbocycles. The molecule has 398 valence electrons. The summed E-state index contributed by atoms with van der Waals surface area (Å²) >= 11 is 8.40. The third-order valence-corrected chi connectivity index (χ3v) is 10.3. The Hall–Kier alpha value is -0.690. The molecule has 0 unspecified atom stereocenters. The third-order valence-electron chi connectivity index (χ3n) is 9.69. The van der Waals surface area contributed by atoms with Crippen LogP contribution in [0.3, 0.4) is 0 Å². The van der Waals surface area contributed by atoms with Crippen LogP contribution in [0.25, 0.3) is 0 Å². The van der Waals surface area contributed by atoms with Crippen molar-refractivity contribution in [3.63, 3.8) is 0 Å². The second-order valence-corrected chi connectivity index (χ2v) is 18.5. The van der Waals surface area contributed by atoms with Crippen molar-refractivity contribution in [1.82, 2.24) is 0 Å². The van der Waals surface area contributed by atoms with Gasteiger partial charge in [0.25, 0.3) is 0 Å². The maximum absolute atomic E-state index is 11.3. The Kier molecular flexibility index (Phi) is 67.9. The molecule has 66 heavy (non-hydrogen) atoms. The Morgan fingerprint density at radius 3 is 0.848 bits per heavy atom. The SMILES string of the molecule is CC(C)C(=O)COCCOCCN.CC(C)C(=O)COCCOCCOCCCCCCCCCCCCCS.CC(C)C(=O)COCCOCCOCCN.CC(C)CCCCCCS. The number of Topliss-reactive ketones (excluding diaryl/α,β-unsaturated/α-hetero) is 3. The zero-order chi connectivity index (χ0) is 50.2. The van der Waals surface area contributed by atoms with Gasteiger partial charge in [0.15, 0.2) is 17.3 Å². The summed E-state index contributed by atoms with van der Waals surface area (Å²) in [7, 11) is 0. The van der Waals surface area contributed by atoms with Crippen molar-refractivity contribution in [1.29, 1.82) is 0 Å². The molecule has 0 rings (SSSR count). The Morgan fingerprint density at radius 1 is 0.333 bits per heavy atom. The minimum atomic E-state index is 0.0329. The summed E-state index contributed by atoms with van der Waals surface area (Å²) in [6, 6.07) is 0. The topological polar surface area (TPSA) is 177 Å². The van der Waals surface area contributed by atoms with Gasteiger partial charge in [-0.2, -0.15) is 25.3 Å². The maximum Gasteiger partial charge on any atom is 0.160 e. The second kappa shape index (κ2) is 62.3. The molecule has 0 saturated heterocycles. The largest absolute Gasteiger partial charge is 0.379 e. The van der Waals surface area contributed by atoms with Crippen LogP contribution in [0, 0.1) is 23.7 Å². The van der Waals surface area contributed by atoms with Crippen LogP contribution in [0.1, 0.15) is 158 Å². The standard InChI is InChI=1S/C22H44O4S.C11H23NO4.C9H19NO3.C9H20S/c1-21(2)22(23)20-26-18-17-25-16-15-24-14-12-10-8-6-4-3-5-7-9-11-13-19-27;1-10(2)11(13)9-16-8-7-15-6-5-14-4-3-12;1-8(2)9(11)7-13-6-5-12-4-3-10;1-9(2)7-5-3-4-6-8-10/h21,27H,3-20H2,1-2H3;10H,3-9,12H2,1-2H3;8H,3-7,10H2,1-2H3;9-10H,3-8H2,1-2H3. The average molecular weight is 988 g/mol. The first-order chi connectivity index (χ1) is 31.8. The van der Waals surface area contributed by atoms with E-state index in [-0.39, 0.29) is 54.9 Å². The number of carbonyl (C=O) groups is 3. The van der Waals surface area contributed by atoms with Crippen molar-refractivity contribution in [3.05, 3.63) is 0 Å². The van der Waals surface area contributed by atoms with Crippen LogP contribution < -0.4 is 11.5 Å². The van der Waals surface area contributed by atoms with E-state index in [1.54, 1.807) is 0 Å². The molecule has 0 amide bonds. The van der Waals surface area contributed by atoms with Crippen molar-refractivity contribution in [3.8, 4) is 0 Å². The molecule has 0 aliphatic carbocycles. The highest BCUT2D eigenvalue weighted by Gasteiger charge is 2.08. The summed E-state index contributed by atoms with van der Waals surface area (Å²) in [5, 5.41) is 0. The highest BCUT2D eigenvalue weighted by molar-refractivity contribution is 7.80. The van der Waals surface area contributed by atoms with E-state index >= 15 is 0 Å². The van der Waals surface area contributed by atoms with Gasteiger partial charge in [-0.1, -0.05) is 139 Å². The van der Waals surface area contributed by atoms with Crippen LogP contribution >= 0.6 is 25.3 Å². The minimum Gasteiger partial charge on any atom is -0.379 e. The number of unbranched alkanes of at least 4 members (excludes halogenated alkanes) is 13. The van der Waals surface area contributed by atoms with Gasteiger partial charge in [-0.05, 0) is 36.7 Å². The van der Waals surface area contributed by atoms with E-state index in [9.17, 15) is 14.4 Å². The average Bonchev–Trinajstić information content (AvgIpc) is 3.29. The molecular formula is C51H106N2O11S2. The molecule has 4 N–H and O–H groups in total. The van der Waals surface area contributed by atoms with Gasteiger partial charge in [0.05, 0.1) is 79.3 Å². The fraction of sp³-hybridized carbons (Fsp3) is 0.941. The Balaban J connectivity index is -0.000000420. The Bertz CT molecular complexity index is 967. The summed E-state index contributed by atoms with van der Waals surface area (Å²) in [5.74, 6) is 3.47. The number of ether oxygens (including phenoxy) is 8. The maximum atomic E-state index is 11.3. The molecule has 0 atom stereocenters. The molecule has 0 bridgehead atoms. The van der Waals surface area contributed by atoms with Gasteiger partial charge in [0.1, 0.15) is 19.8 Å². The first-order valence-electron chi connectivity index (χ1n) is 25.6. The van der Waals surface area contributed by atoms with E-state index in [1.807, 2.05) is 41.5 Å². The van der Waals surface area contributed by atoms with Gasteiger partial charge in [-0.25, -0.2) is 0 Å². The zero-order valence-corrected chi connectivity index (χ0v) is 45.6. The van der Waals surface area contributed by atoms with Crippen LogP contribution in [0.5, 0.6) is 0 Å². The molecule has 0 aromatic rings. The molecule has 0 heterocycles. The Morgan fingerprint density at radius 2 is 0.576 bits per heavy atom. The lowest BCUT2D eigenvalue weighted by Crippen LogP contribution is -2.17. The number of thiol groups is 2. The van der Waals surface area contributed by atoms with Gasteiger partial charge >= 0.3 is 0 Å². The quantitative estimate of drug-likeness (QED) is 0.0335. The summed E-state index contributed by atoms with van der Waals surface area (Å²) in [4.78, 5) is 33.5. The van der Waals surface area contributed by atoms with Crippen LogP contribution in [-0.2, 0) is 52.3 Å². The fourth-order valence-electron chi connectivity index (χ4n) is 5.21. The van der Waals surface area contributed by atoms with Crippen molar-refractivity contribution in [2.24, 2.45) is 35.1 Å². The van der Waals surface area contributed by atoms with E-state index in [4.69, 9.17) is 49.4 Å². The van der Waals surface area contributed by atoms with Crippen LogP contribution in [0.4, 0.5) is 0 Å². The van der Waals surface area contributed by atoms with Gasteiger partial charge in [0, 0.05) is 37.5 Å². The van der Waals surface area contributed by atoms with Crippen LogP contribution in [-0.4, -0.2) is 148 Å². The molecule has 15 heteroatoms. The molecule has 0 radical (unpaired) electrons. The Labute approximate surface area is 416 Å². The van der Waals surface area contributed by atoms with Crippen LogP contribution in [0.15, 0.2) is 0 Å². The van der Waals surface area contributed by atoms with Gasteiger partial charge in [-0.15, -0.1) is 0 Å². The highest BCUT2D eigenvalue weighted by atomic mass is 32.1. The summed E-state index contributed by atoms with van der Waals surface area (Å²) in [5.41, 5.74) is 10.5. The molecule has 13 nitrogen and oxygen atoms in total. The lowest BCUT2D eigenvalue weighted by Gasteiger charge is -2.07. The summed E-state index contributed by atoms with van der Waals surface area (Å²) < 4.78 is 41.9. The van der Waals surface area contributed by atoms with Crippen LogP contribution in [0.2, 0.25) is 0 Å². The minimum absolute atomic E-state index is 0.0329. The summed E-state index contributed by atoms with van der Waals surface area (Å²) in [6.45, 7) is 24.5. The lowest BCUT2D eigenvalue weighted by atomic mass is 10.0. The highest BCUT2D eigenvalue weighted by Crippen LogP contribution is 2.12. The predicted molar refractivity (Wildman–Crippen MR) is 281 cm³/mol. The third kappa shape index (κ3) is 69.9. The fourth-order valence-corrected chi connectivity index (χ4v) is 5.66. The molecule has 0 aliphatic heterocycles. The van der Waals surface area contributed by atoms with E-state index in [2.05, 4.69) is 39.1 Å². The predicted octanol–water partition coefficient (Wildman–Crippen LogP) is 9.43. The number of hydrogen-bond acceptors (Lipinski definition) is 15. The van der Waals surface area contributed by atoms with E-state index in [0.717, 1.165) is 30.5 Å². The number of rotatable bonds is 47. The van der Waals surface area contributed by atoms with Crippen molar-refractivity contribution in [2.45, 2.75) is 158 Å². The number of nitrogens with two attached hydrogens (primary N) is 2. The second-order valence-electron chi connectivity index (χ2n) is 17.6. The van der Waals surface area contributed by atoms with E-state index in [1.165, 1.54) is 96.3 Å². The zero-order valence-electron chi connectivity index (χ0n) is 43.8. The number of ketones is 3. The van der Waals surface area contributed by atoms with Gasteiger partial charge < -0.3 is 49.4 Å². The molecule has 0 spiro atoms. The molecule has 0 aliphatic rings. The van der Waals surface area contributed by atoms with E-state index < -0.39 is 0 Å². The number of carbonyl (C=O) groups excluding carboxylic acids is 3. The summed E-state index contributed by atoms with van der Waals surface area (Å²) in [6.07, 6.45) is 21.5. The molecule has 0 aromatic heterocycles. The monoisotopic (exact) mass is 987 g/mol. The van der Waals surface area contributed by atoms with Crippen molar-refractivity contribution < 1.29 is 52.3 Å². The lowest BCUT2D eigenvalue weighted by molar-refractivity contribution is -0.127. The smallest absolute Gasteiger partial charge is 0.160 e. The van der Waals surface area contributed by atoms with Crippen molar-refractivity contribution >= 4 is 42.6 Å². The number of hydrogen-bond donors (Lipinski definition) is 4. The van der Waals surface area contributed by atoms with Crippen molar-refractivity contribution in [2.75, 3.05) is 130 Å². The molecule has 0 saturated carbocycles. The normalized spacial score (nSPS) is 11.1. The van der Waals surface area contributed by atoms with Gasteiger partial charge in [0.2, 0.25) is 0 Å². The molecular weight excluding hydrogens is 881 g/mol.